The van der Waals surface area contributed by atoms with E-state index in [4.69, 9.17) is 0 Å². The number of nitrogens with one attached hydrogen (secondary N) is 1. The van der Waals surface area contributed by atoms with Crippen LogP contribution in [0.25, 0.3) is 0 Å². The molecular formula is C17H21N3O. The normalized spacial score (nSPS) is 11.8. The molecule has 1 amide bonds. The fourth-order valence-corrected chi connectivity index (χ4v) is 2.01. The van der Waals surface area contributed by atoms with Gasteiger partial charge in [0.15, 0.2) is 0 Å². The van der Waals surface area contributed by atoms with Crippen LogP contribution >= 0.6 is 0 Å². The standard InChI is InChI=1S/C17H21N3O/c1-13(16-6-4-5-11-18-16)19-15-9-7-14(8-10-15)12-17(21)20(2)3/h4-11,13,19H,12H2,1-3H3. The Bertz CT molecular complexity index is 579. The number of aromatic nitrogens is 1. The molecule has 2 rings (SSSR count). The van der Waals surface area contributed by atoms with Crippen molar-refractivity contribution in [2.75, 3.05) is 19.4 Å². The molecule has 1 unspecified atom stereocenters. The number of carbonyl (C=O) groups excluding carboxylic acids is 1. The minimum absolute atomic E-state index is 0.109. The molecule has 21 heavy (non-hydrogen) atoms. The molecule has 0 radical (unpaired) electrons. The maximum Gasteiger partial charge on any atom is 0.226 e. The van der Waals surface area contributed by atoms with Gasteiger partial charge in [-0.15, -0.1) is 0 Å². The van der Waals surface area contributed by atoms with Crippen molar-refractivity contribution in [2.24, 2.45) is 0 Å². The van der Waals surface area contributed by atoms with Crippen molar-refractivity contribution in [2.45, 2.75) is 19.4 Å². The van der Waals surface area contributed by atoms with Crippen LogP contribution in [0, 0.1) is 0 Å². The Morgan fingerprint density at radius 2 is 1.90 bits per heavy atom. The third kappa shape index (κ3) is 4.31. The second kappa shape index (κ2) is 6.88. The highest BCUT2D eigenvalue weighted by atomic mass is 16.2. The summed E-state index contributed by atoms with van der Waals surface area (Å²) in [5.74, 6) is 0.109. The minimum atomic E-state index is 0.109. The lowest BCUT2D eigenvalue weighted by molar-refractivity contribution is -0.127. The molecule has 4 heteroatoms. The van der Waals surface area contributed by atoms with E-state index < -0.39 is 0 Å². The summed E-state index contributed by atoms with van der Waals surface area (Å²) in [5.41, 5.74) is 3.04. The van der Waals surface area contributed by atoms with Gasteiger partial charge < -0.3 is 10.2 Å². The third-order valence-electron chi connectivity index (χ3n) is 3.32. The molecule has 1 aromatic carbocycles. The molecule has 0 bridgehead atoms. The maximum atomic E-state index is 11.7. The van der Waals surface area contributed by atoms with E-state index in [0.29, 0.717) is 6.42 Å². The fourth-order valence-electron chi connectivity index (χ4n) is 2.01. The van der Waals surface area contributed by atoms with Crippen LogP contribution in [0.15, 0.2) is 48.7 Å². The number of rotatable bonds is 5. The van der Waals surface area contributed by atoms with Gasteiger partial charge in [-0.25, -0.2) is 0 Å². The number of carbonyl (C=O) groups is 1. The van der Waals surface area contributed by atoms with Gasteiger partial charge in [-0.1, -0.05) is 18.2 Å². The summed E-state index contributed by atoms with van der Waals surface area (Å²) in [6.45, 7) is 2.08. The lowest BCUT2D eigenvalue weighted by Crippen LogP contribution is -2.23. The van der Waals surface area contributed by atoms with Crippen LogP contribution in [0.5, 0.6) is 0 Å². The molecule has 0 saturated heterocycles. The Morgan fingerprint density at radius 3 is 2.48 bits per heavy atom. The van der Waals surface area contributed by atoms with E-state index in [2.05, 4.69) is 17.2 Å². The van der Waals surface area contributed by atoms with Crippen LogP contribution in [0.2, 0.25) is 0 Å². The summed E-state index contributed by atoms with van der Waals surface area (Å²) in [7, 11) is 3.54. The summed E-state index contributed by atoms with van der Waals surface area (Å²) in [5, 5.41) is 3.40. The number of likely N-dealkylation sites (N-methyl/N-ethyl adjacent to an activating group) is 1. The number of anilines is 1. The van der Waals surface area contributed by atoms with Crippen molar-refractivity contribution >= 4 is 11.6 Å². The van der Waals surface area contributed by atoms with Gasteiger partial charge in [-0.3, -0.25) is 9.78 Å². The molecule has 0 spiro atoms. The van der Waals surface area contributed by atoms with Gasteiger partial charge in [-0.05, 0) is 36.8 Å². The van der Waals surface area contributed by atoms with E-state index in [0.717, 1.165) is 16.9 Å². The van der Waals surface area contributed by atoms with Gasteiger partial charge in [0.05, 0.1) is 18.2 Å². The van der Waals surface area contributed by atoms with Gasteiger partial charge in [0.25, 0.3) is 0 Å². The van der Waals surface area contributed by atoms with Crippen LogP contribution in [-0.2, 0) is 11.2 Å². The molecule has 1 N–H and O–H groups in total. The SMILES string of the molecule is CC(Nc1ccc(CC(=O)N(C)C)cc1)c1ccccn1. The third-order valence-corrected chi connectivity index (χ3v) is 3.32. The van der Waals surface area contributed by atoms with Crippen molar-refractivity contribution < 1.29 is 4.79 Å². The second-order valence-corrected chi connectivity index (χ2v) is 5.28. The van der Waals surface area contributed by atoms with E-state index in [1.165, 1.54) is 0 Å². The zero-order valence-corrected chi connectivity index (χ0v) is 12.7. The van der Waals surface area contributed by atoms with E-state index in [1.54, 1.807) is 25.2 Å². The van der Waals surface area contributed by atoms with E-state index in [1.807, 2.05) is 42.5 Å². The first-order valence-corrected chi connectivity index (χ1v) is 7.03. The van der Waals surface area contributed by atoms with E-state index in [-0.39, 0.29) is 11.9 Å². The first kappa shape index (κ1) is 15.0. The molecule has 0 aliphatic rings. The summed E-state index contributed by atoms with van der Waals surface area (Å²) >= 11 is 0. The number of amides is 1. The Labute approximate surface area is 125 Å². The van der Waals surface area contributed by atoms with Crippen LogP contribution in [0.4, 0.5) is 5.69 Å². The van der Waals surface area contributed by atoms with Crippen molar-refractivity contribution in [1.82, 2.24) is 9.88 Å². The largest absolute Gasteiger partial charge is 0.377 e. The molecule has 2 aromatic rings. The van der Waals surface area contributed by atoms with Crippen molar-refractivity contribution in [1.29, 1.82) is 0 Å². The molecule has 0 saturated carbocycles. The Hall–Kier alpha value is -2.36. The number of benzene rings is 1. The molecule has 1 atom stereocenters. The Kier molecular flexibility index (Phi) is 4.93. The number of nitrogens with zero attached hydrogens (tertiary/aromatic N) is 2. The summed E-state index contributed by atoms with van der Waals surface area (Å²) in [6, 6.07) is 14.0. The molecule has 4 nitrogen and oxygen atoms in total. The van der Waals surface area contributed by atoms with E-state index in [9.17, 15) is 4.79 Å². The smallest absolute Gasteiger partial charge is 0.226 e. The highest BCUT2D eigenvalue weighted by Gasteiger charge is 2.07. The van der Waals surface area contributed by atoms with E-state index >= 15 is 0 Å². The first-order chi connectivity index (χ1) is 10.1. The molecule has 1 aromatic heterocycles. The monoisotopic (exact) mass is 283 g/mol. The summed E-state index contributed by atoms with van der Waals surface area (Å²) in [6.07, 6.45) is 2.23. The summed E-state index contributed by atoms with van der Waals surface area (Å²) < 4.78 is 0. The number of hydrogen-bond donors (Lipinski definition) is 1. The molecule has 1 heterocycles. The number of hydrogen-bond acceptors (Lipinski definition) is 3. The highest BCUT2D eigenvalue weighted by Crippen LogP contribution is 2.18. The van der Waals surface area contributed by atoms with Crippen molar-refractivity contribution in [3.63, 3.8) is 0 Å². The lowest BCUT2D eigenvalue weighted by Gasteiger charge is -2.15. The van der Waals surface area contributed by atoms with Crippen LogP contribution in [0.1, 0.15) is 24.2 Å². The molecule has 0 aliphatic carbocycles. The average Bonchev–Trinajstić information content (AvgIpc) is 2.50. The molecule has 0 aliphatic heterocycles. The van der Waals surface area contributed by atoms with Gasteiger partial charge in [0.1, 0.15) is 0 Å². The zero-order valence-electron chi connectivity index (χ0n) is 12.7. The van der Waals surface area contributed by atoms with Crippen LogP contribution in [-0.4, -0.2) is 29.9 Å². The lowest BCUT2D eigenvalue weighted by atomic mass is 10.1. The van der Waals surface area contributed by atoms with Crippen molar-refractivity contribution in [3.05, 3.63) is 59.9 Å². The zero-order chi connectivity index (χ0) is 15.2. The number of pyridine rings is 1. The molecule has 0 fully saturated rings. The predicted molar refractivity (Wildman–Crippen MR) is 85.1 cm³/mol. The maximum absolute atomic E-state index is 11.7. The second-order valence-electron chi connectivity index (χ2n) is 5.28. The topological polar surface area (TPSA) is 45.2 Å². The van der Waals surface area contributed by atoms with Crippen molar-refractivity contribution in [3.8, 4) is 0 Å². The Morgan fingerprint density at radius 1 is 1.19 bits per heavy atom. The Balaban J connectivity index is 1.98. The average molecular weight is 283 g/mol. The van der Waals surface area contributed by atoms with Gasteiger partial charge in [-0.2, -0.15) is 0 Å². The predicted octanol–water partition coefficient (Wildman–Crippen LogP) is 2.89. The minimum Gasteiger partial charge on any atom is -0.377 e. The van der Waals surface area contributed by atoms with Gasteiger partial charge >= 0.3 is 0 Å². The highest BCUT2D eigenvalue weighted by molar-refractivity contribution is 5.78. The van der Waals surface area contributed by atoms with Crippen LogP contribution < -0.4 is 5.32 Å². The quantitative estimate of drug-likeness (QED) is 0.917. The van der Waals surface area contributed by atoms with Crippen LogP contribution in [0.3, 0.4) is 0 Å². The first-order valence-electron chi connectivity index (χ1n) is 7.03. The molecule has 110 valence electrons. The summed E-state index contributed by atoms with van der Waals surface area (Å²) in [4.78, 5) is 17.6. The molecular weight excluding hydrogens is 262 g/mol. The fraction of sp³-hybridized carbons (Fsp3) is 0.294. The van der Waals surface area contributed by atoms with Gasteiger partial charge in [0, 0.05) is 26.0 Å². The van der Waals surface area contributed by atoms with Gasteiger partial charge in [0.2, 0.25) is 5.91 Å².